The number of fused-ring (bicyclic) bond motifs is 2. The first-order valence-corrected chi connectivity index (χ1v) is 24.0. The molecule has 0 fully saturated rings. The average Bonchev–Trinajstić information content (AvgIpc) is 4.17. The number of amides is 6. The Kier molecular flexibility index (Phi) is 17.3. The van der Waals surface area contributed by atoms with E-state index in [2.05, 4.69) is 51.9 Å². The molecule has 6 aromatic heterocycles. The van der Waals surface area contributed by atoms with Crippen LogP contribution in [0.4, 0.5) is 48.1 Å². The number of aromatic amines is 1. The molecule has 0 aliphatic heterocycles. The van der Waals surface area contributed by atoms with Gasteiger partial charge in [0, 0.05) is 60.9 Å². The summed E-state index contributed by atoms with van der Waals surface area (Å²) in [6.07, 6.45) is 3.55. The van der Waals surface area contributed by atoms with E-state index in [1.165, 1.54) is 55.3 Å². The Hall–Kier alpha value is -7.15. The summed E-state index contributed by atoms with van der Waals surface area (Å²) in [5.41, 5.74) is 6.35. The second kappa shape index (κ2) is 23.2. The fourth-order valence-electron chi connectivity index (χ4n) is 6.78. The van der Waals surface area contributed by atoms with Crippen molar-refractivity contribution in [2.75, 3.05) is 53.2 Å². The number of carbonyl (C=O) groups excluding carboxylic acids is 5. The standard InChI is InChI=1S/C18H20N4O3S.C16H15N3O3S.C12H15N3O3S2/c1-9-6-10(2)14-13(7-9)22(4)21-16(14)20-18(24)19-12-8-11(3)26-15(12)17(23)25-5;1-9-7-13(14(23-9)15(20)22-2)19-16(21)18-11-3-4-12-10(8-11)5-6-17-12;1-7-4-9(10(19-7)6-18-17-3)14-11(16)15-12-13-5-8(2)20-12/h6-8H,1-5H3,(H2,19,20,21,24);3-8,17H,1-2H3,(H2,18,19,21);4-5H,6H2,1-3H3,(H2,13,14,15,16). The number of aryl methyl sites for hydroxylation is 7. The molecule has 6 amide bonds. The molecule has 8 aromatic rings. The number of anilines is 6. The van der Waals surface area contributed by atoms with Crippen molar-refractivity contribution in [2.45, 2.75) is 48.1 Å². The lowest BCUT2D eigenvalue weighted by Gasteiger charge is -2.08. The molecular formula is C46H50N10O9S4. The number of rotatable bonds is 11. The van der Waals surface area contributed by atoms with Gasteiger partial charge in [0.1, 0.15) is 16.4 Å². The van der Waals surface area contributed by atoms with Crippen LogP contribution in [0.1, 0.15) is 54.9 Å². The van der Waals surface area contributed by atoms with Crippen LogP contribution in [0.25, 0.3) is 21.8 Å². The Labute approximate surface area is 412 Å². The largest absolute Gasteiger partial charge is 0.465 e. The minimum absolute atomic E-state index is 0.293. The molecule has 23 heteroatoms. The molecule has 0 saturated carbocycles. The van der Waals surface area contributed by atoms with Crippen molar-refractivity contribution in [3.63, 3.8) is 0 Å². The van der Waals surface area contributed by atoms with Crippen LogP contribution in [0.15, 0.2) is 67.0 Å². The summed E-state index contributed by atoms with van der Waals surface area (Å²) >= 11 is 5.52. The van der Waals surface area contributed by atoms with E-state index in [4.69, 9.17) is 14.4 Å². The fraction of sp³-hybridized carbons (Fsp3) is 0.239. The molecule has 0 unspecified atom stereocenters. The van der Waals surface area contributed by atoms with Gasteiger partial charge < -0.3 is 35.7 Å². The lowest BCUT2D eigenvalue weighted by molar-refractivity contribution is -0.281. The van der Waals surface area contributed by atoms with Crippen LogP contribution in [0.5, 0.6) is 0 Å². The summed E-state index contributed by atoms with van der Waals surface area (Å²) in [7, 11) is 5.91. The molecule has 7 N–H and O–H groups in total. The van der Waals surface area contributed by atoms with Gasteiger partial charge in [-0.1, -0.05) is 6.07 Å². The first kappa shape index (κ1) is 51.2. The van der Waals surface area contributed by atoms with Crippen LogP contribution in [0.3, 0.4) is 0 Å². The van der Waals surface area contributed by atoms with E-state index < -0.39 is 24.0 Å². The fourth-order valence-corrected chi connectivity index (χ4v) is 10.1. The maximum absolute atomic E-state index is 12.5. The number of H-pyrrole nitrogens is 1. The summed E-state index contributed by atoms with van der Waals surface area (Å²) in [5, 5.41) is 23.3. The summed E-state index contributed by atoms with van der Waals surface area (Å²) in [5.74, 6) is -0.468. The number of hydrogen-bond acceptors (Lipinski definition) is 15. The number of hydrogen-bond donors (Lipinski definition) is 7. The number of nitrogens with one attached hydrogen (secondary N) is 7. The van der Waals surface area contributed by atoms with E-state index in [1.54, 1.807) is 40.4 Å². The van der Waals surface area contributed by atoms with Crippen LogP contribution in [-0.4, -0.2) is 71.1 Å². The molecule has 6 heterocycles. The molecule has 0 aliphatic rings. The number of thiazole rings is 1. The van der Waals surface area contributed by atoms with Crippen molar-refractivity contribution >= 4 is 131 Å². The molecule has 0 aliphatic carbocycles. The van der Waals surface area contributed by atoms with Crippen LogP contribution in [-0.2, 0) is 32.9 Å². The van der Waals surface area contributed by atoms with Gasteiger partial charge in [-0.15, -0.1) is 45.3 Å². The van der Waals surface area contributed by atoms with Gasteiger partial charge in [0.2, 0.25) is 0 Å². The van der Waals surface area contributed by atoms with Gasteiger partial charge in [-0.3, -0.25) is 15.3 Å². The molecular weight excluding hydrogens is 965 g/mol. The zero-order valence-electron chi connectivity index (χ0n) is 39.2. The molecule has 19 nitrogen and oxygen atoms in total. The van der Waals surface area contributed by atoms with Gasteiger partial charge in [0.25, 0.3) is 0 Å². The first-order valence-electron chi connectivity index (χ1n) is 20.7. The van der Waals surface area contributed by atoms with Gasteiger partial charge in [-0.2, -0.15) is 5.10 Å². The molecule has 2 aromatic carbocycles. The molecule has 0 bridgehead atoms. The Morgan fingerprint density at radius 1 is 0.652 bits per heavy atom. The molecule has 0 radical (unpaired) electrons. The molecule has 0 saturated heterocycles. The lowest BCUT2D eigenvalue weighted by atomic mass is 10.1. The number of esters is 2. The smallest absolute Gasteiger partial charge is 0.350 e. The third-order valence-corrected chi connectivity index (χ3v) is 13.5. The highest BCUT2D eigenvalue weighted by Crippen LogP contribution is 2.32. The number of carbonyl (C=O) groups is 5. The van der Waals surface area contributed by atoms with Gasteiger partial charge in [-0.25, -0.2) is 38.7 Å². The minimum Gasteiger partial charge on any atom is -0.465 e. The second-order valence-electron chi connectivity index (χ2n) is 15.0. The van der Waals surface area contributed by atoms with Crippen LogP contribution in [0, 0.1) is 41.5 Å². The Morgan fingerprint density at radius 3 is 1.86 bits per heavy atom. The summed E-state index contributed by atoms with van der Waals surface area (Å²) in [4.78, 5) is 82.3. The molecule has 0 spiro atoms. The van der Waals surface area contributed by atoms with Crippen molar-refractivity contribution in [2.24, 2.45) is 7.05 Å². The van der Waals surface area contributed by atoms with Gasteiger partial charge >= 0.3 is 30.0 Å². The monoisotopic (exact) mass is 1010 g/mol. The number of aromatic nitrogens is 4. The maximum Gasteiger partial charge on any atom is 0.350 e. The number of methoxy groups -OCH3 is 2. The van der Waals surface area contributed by atoms with Crippen molar-refractivity contribution in [3.05, 3.63) is 112 Å². The summed E-state index contributed by atoms with van der Waals surface area (Å²) in [6.45, 7) is 11.9. The highest BCUT2D eigenvalue weighted by atomic mass is 32.1. The van der Waals surface area contributed by atoms with E-state index in [0.29, 0.717) is 44.4 Å². The van der Waals surface area contributed by atoms with Crippen LogP contribution in [0.2, 0.25) is 0 Å². The minimum atomic E-state index is -0.479. The number of urea groups is 3. The number of ether oxygens (including phenoxy) is 2. The average molecular weight is 1020 g/mol. The maximum atomic E-state index is 12.5. The first-order chi connectivity index (χ1) is 32.9. The highest BCUT2D eigenvalue weighted by molar-refractivity contribution is 7.16. The summed E-state index contributed by atoms with van der Waals surface area (Å²) in [6, 6.07) is 15.7. The van der Waals surface area contributed by atoms with E-state index in [1.807, 2.05) is 91.2 Å². The zero-order valence-corrected chi connectivity index (χ0v) is 42.5. The Morgan fingerprint density at radius 2 is 1.25 bits per heavy atom. The topological polar surface area (TPSA) is 241 Å². The number of thiophene rings is 3. The SMILES string of the molecule is COC(=O)c1sc(C)cc1NC(=O)Nc1ccc2[nH]ccc2c1.COC(=O)c1sc(C)cc1NC(=O)Nc1nn(C)c2cc(C)cc(C)c12.COOCc1sc(C)cc1NC(=O)Nc1ncc(C)s1. The predicted molar refractivity (Wildman–Crippen MR) is 275 cm³/mol. The van der Waals surface area contributed by atoms with Crippen LogP contribution >= 0.6 is 45.3 Å². The lowest BCUT2D eigenvalue weighted by Crippen LogP contribution is -2.21. The predicted octanol–water partition coefficient (Wildman–Crippen LogP) is 11.5. The molecule has 69 heavy (non-hydrogen) atoms. The van der Waals surface area contributed by atoms with E-state index >= 15 is 0 Å². The highest BCUT2D eigenvalue weighted by Gasteiger charge is 2.21. The van der Waals surface area contributed by atoms with Crippen molar-refractivity contribution < 1.29 is 43.2 Å². The Bertz CT molecular complexity index is 3140. The second-order valence-corrected chi connectivity index (χ2v) is 20.1. The molecule has 8 rings (SSSR count). The number of nitrogens with zero attached hydrogens (tertiary/aromatic N) is 3. The van der Waals surface area contributed by atoms with Gasteiger partial charge in [0.05, 0.1) is 48.8 Å². The van der Waals surface area contributed by atoms with Gasteiger partial charge in [-0.05, 0) is 101 Å². The third-order valence-electron chi connectivity index (χ3n) is 9.62. The molecule has 362 valence electrons. The van der Waals surface area contributed by atoms with Crippen molar-refractivity contribution in [1.29, 1.82) is 0 Å². The van der Waals surface area contributed by atoms with Gasteiger partial charge in [0.15, 0.2) is 10.9 Å². The third kappa shape index (κ3) is 13.5. The Balaban J connectivity index is 0.000000172. The van der Waals surface area contributed by atoms with E-state index in [-0.39, 0.29) is 6.03 Å². The number of benzene rings is 2. The molecule has 0 atom stereocenters. The van der Waals surface area contributed by atoms with Crippen LogP contribution < -0.4 is 31.9 Å². The quantitative estimate of drug-likeness (QED) is 0.0365. The van der Waals surface area contributed by atoms with E-state index in [9.17, 15) is 24.0 Å². The zero-order chi connectivity index (χ0) is 49.9. The summed E-state index contributed by atoms with van der Waals surface area (Å²) < 4.78 is 11.2. The normalized spacial score (nSPS) is 10.6. The van der Waals surface area contributed by atoms with E-state index in [0.717, 1.165) is 63.0 Å². The van der Waals surface area contributed by atoms with Crippen molar-refractivity contribution in [3.8, 4) is 0 Å². The van der Waals surface area contributed by atoms with Crippen molar-refractivity contribution in [1.82, 2.24) is 19.7 Å².